The Morgan fingerprint density at radius 2 is 2.05 bits per heavy atom. The Morgan fingerprint density at radius 1 is 1.21 bits per heavy atom. The van der Waals surface area contributed by atoms with Crippen LogP contribution in [0.5, 0.6) is 0 Å². The molecule has 19 heavy (non-hydrogen) atoms. The molecule has 3 nitrogen and oxygen atoms in total. The lowest BCUT2D eigenvalue weighted by atomic mass is 10.1. The second-order valence-corrected chi connectivity index (χ2v) is 5.46. The quantitative estimate of drug-likeness (QED) is 0.765. The molecule has 0 saturated carbocycles. The van der Waals surface area contributed by atoms with Gasteiger partial charge < -0.3 is 10.1 Å². The molecular formula is C15H14N2OS. The van der Waals surface area contributed by atoms with E-state index in [1.165, 1.54) is 0 Å². The number of nitrogens with one attached hydrogen (secondary N) is 1. The van der Waals surface area contributed by atoms with Gasteiger partial charge in [-0.15, -0.1) is 0 Å². The summed E-state index contributed by atoms with van der Waals surface area (Å²) >= 11 is 1.55. The number of benzene rings is 2. The van der Waals surface area contributed by atoms with Gasteiger partial charge in [-0.2, -0.15) is 0 Å². The number of nitrogens with zero attached hydrogens (tertiary/aromatic N) is 1. The highest BCUT2D eigenvalue weighted by atomic mass is 32.2. The van der Waals surface area contributed by atoms with Crippen molar-refractivity contribution in [3.63, 3.8) is 0 Å². The van der Waals surface area contributed by atoms with Crippen molar-refractivity contribution in [3.05, 3.63) is 53.6 Å². The molecule has 1 aromatic heterocycles. The Labute approximate surface area is 115 Å². The molecular weight excluding hydrogens is 256 g/mol. The van der Waals surface area contributed by atoms with Crippen LogP contribution in [-0.2, 0) is 6.61 Å². The Bertz CT molecular complexity index is 688. The lowest BCUT2D eigenvalue weighted by molar-refractivity contribution is 0.279. The molecule has 0 aliphatic carbocycles. The van der Waals surface area contributed by atoms with Gasteiger partial charge in [0.2, 0.25) is 0 Å². The van der Waals surface area contributed by atoms with Crippen molar-refractivity contribution in [1.29, 1.82) is 0 Å². The first-order chi connectivity index (χ1) is 9.26. The van der Waals surface area contributed by atoms with E-state index in [9.17, 15) is 5.11 Å². The van der Waals surface area contributed by atoms with Crippen molar-refractivity contribution in [3.8, 4) is 0 Å². The summed E-state index contributed by atoms with van der Waals surface area (Å²) in [5.41, 5.74) is 4.08. The zero-order valence-electron chi connectivity index (χ0n) is 10.6. The molecule has 1 heterocycles. The SMILES string of the molecule is Cc1ccc(Sc2nc3ccccc3[nH]2)c(CO)c1. The Balaban J connectivity index is 1.96. The van der Waals surface area contributed by atoms with E-state index >= 15 is 0 Å². The van der Waals surface area contributed by atoms with Crippen LogP contribution in [0.3, 0.4) is 0 Å². The van der Waals surface area contributed by atoms with E-state index < -0.39 is 0 Å². The molecule has 0 amide bonds. The molecule has 0 aliphatic heterocycles. The van der Waals surface area contributed by atoms with Gasteiger partial charge in [-0.25, -0.2) is 4.98 Å². The summed E-state index contributed by atoms with van der Waals surface area (Å²) in [5, 5.41) is 10.3. The van der Waals surface area contributed by atoms with Crippen LogP contribution in [0, 0.1) is 6.92 Å². The Hall–Kier alpha value is -1.78. The van der Waals surface area contributed by atoms with Crippen molar-refractivity contribution in [2.24, 2.45) is 0 Å². The molecule has 0 atom stereocenters. The van der Waals surface area contributed by atoms with Gasteiger partial charge in [-0.3, -0.25) is 0 Å². The van der Waals surface area contributed by atoms with Crippen molar-refractivity contribution in [1.82, 2.24) is 9.97 Å². The predicted molar refractivity (Wildman–Crippen MR) is 77.3 cm³/mol. The number of fused-ring (bicyclic) bond motifs is 1. The van der Waals surface area contributed by atoms with E-state index in [-0.39, 0.29) is 6.61 Å². The van der Waals surface area contributed by atoms with Crippen LogP contribution >= 0.6 is 11.8 Å². The first-order valence-electron chi connectivity index (χ1n) is 6.09. The van der Waals surface area contributed by atoms with Crippen LogP contribution in [0.25, 0.3) is 11.0 Å². The fourth-order valence-electron chi connectivity index (χ4n) is 2.01. The molecule has 2 N–H and O–H groups in total. The molecule has 0 fully saturated rings. The molecule has 0 radical (unpaired) electrons. The average Bonchev–Trinajstić information content (AvgIpc) is 2.83. The van der Waals surface area contributed by atoms with Gasteiger partial charge in [0.15, 0.2) is 5.16 Å². The van der Waals surface area contributed by atoms with Crippen molar-refractivity contribution in [2.75, 3.05) is 0 Å². The van der Waals surface area contributed by atoms with E-state index in [2.05, 4.69) is 9.97 Å². The van der Waals surface area contributed by atoms with E-state index in [1.807, 2.05) is 49.4 Å². The molecule has 0 aliphatic rings. The minimum atomic E-state index is 0.0459. The first kappa shape index (κ1) is 12.3. The maximum atomic E-state index is 9.42. The number of H-pyrrole nitrogens is 1. The standard InChI is InChI=1S/C15H14N2OS/c1-10-6-7-14(11(8-10)9-18)19-15-16-12-4-2-3-5-13(12)17-15/h2-8,18H,9H2,1H3,(H,16,17). The molecule has 0 unspecified atom stereocenters. The van der Waals surface area contributed by atoms with Gasteiger partial charge in [-0.05, 0) is 30.7 Å². The summed E-state index contributed by atoms with van der Waals surface area (Å²) in [5.74, 6) is 0. The summed E-state index contributed by atoms with van der Waals surface area (Å²) in [7, 11) is 0. The molecule has 0 saturated heterocycles. The predicted octanol–water partition coefficient (Wildman–Crippen LogP) is 3.51. The highest BCUT2D eigenvalue weighted by Crippen LogP contribution is 2.30. The largest absolute Gasteiger partial charge is 0.392 e. The zero-order valence-corrected chi connectivity index (χ0v) is 11.4. The summed E-state index contributed by atoms with van der Waals surface area (Å²) in [6, 6.07) is 14.0. The highest BCUT2D eigenvalue weighted by Gasteiger charge is 2.08. The topological polar surface area (TPSA) is 48.9 Å². The normalized spacial score (nSPS) is 11.1. The number of aliphatic hydroxyl groups is 1. The molecule has 3 rings (SSSR count). The first-order valence-corrected chi connectivity index (χ1v) is 6.91. The number of aryl methyl sites for hydroxylation is 1. The molecule has 3 aromatic rings. The fourth-order valence-corrected chi connectivity index (χ4v) is 2.92. The third-order valence-corrected chi connectivity index (χ3v) is 3.97. The van der Waals surface area contributed by atoms with Gasteiger partial charge in [0.25, 0.3) is 0 Å². The van der Waals surface area contributed by atoms with Crippen LogP contribution < -0.4 is 0 Å². The number of rotatable bonds is 3. The van der Waals surface area contributed by atoms with E-state index in [0.29, 0.717) is 0 Å². The molecule has 4 heteroatoms. The van der Waals surface area contributed by atoms with E-state index in [4.69, 9.17) is 0 Å². The average molecular weight is 270 g/mol. The second-order valence-electron chi connectivity index (χ2n) is 4.43. The summed E-state index contributed by atoms with van der Waals surface area (Å²) < 4.78 is 0. The molecule has 96 valence electrons. The van der Waals surface area contributed by atoms with Gasteiger partial charge in [0, 0.05) is 4.90 Å². The molecule has 0 bridgehead atoms. The lowest BCUT2D eigenvalue weighted by Gasteiger charge is -2.06. The van der Waals surface area contributed by atoms with Crippen LogP contribution in [0.15, 0.2) is 52.5 Å². The molecule has 2 aromatic carbocycles. The summed E-state index contributed by atoms with van der Waals surface area (Å²) in [6.07, 6.45) is 0. The second kappa shape index (κ2) is 5.07. The maximum Gasteiger partial charge on any atom is 0.171 e. The third-order valence-electron chi connectivity index (χ3n) is 2.96. The van der Waals surface area contributed by atoms with Crippen molar-refractivity contribution >= 4 is 22.8 Å². The van der Waals surface area contributed by atoms with Crippen LogP contribution in [0.4, 0.5) is 0 Å². The monoisotopic (exact) mass is 270 g/mol. The Kier molecular flexibility index (Phi) is 3.27. The van der Waals surface area contributed by atoms with Crippen LogP contribution in [-0.4, -0.2) is 15.1 Å². The highest BCUT2D eigenvalue weighted by molar-refractivity contribution is 7.99. The summed E-state index contributed by atoms with van der Waals surface area (Å²) in [4.78, 5) is 8.85. The number of imidazole rings is 1. The number of hydrogen-bond donors (Lipinski definition) is 2. The number of para-hydroxylation sites is 2. The number of aromatic nitrogens is 2. The Morgan fingerprint density at radius 3 is 2.84 bits per heavy atom. The molecule has 0 spiro atoms. The minimum absolute atomic E-state index is 0.0459. The maximum absolute atomic E-state index is 9.42. The number of aromatic amines is 1. The van der Waals surface area contributed by atoms with Gasteiger partial charge in [-0.1, -0.05) is 41.6 Å². The zero-order chi connectivity index (χ0) is 13.2. The van der Waals surface area contributed by atoms with Crippen molar-refractivity contribution in [2.45, 2.75) is 23.6 Å². The van der Waals surface area contributed by atoms with Gasteiger partial charge in [0.1, 0.15) is 0 Å². The van der Waals surface area contributed by atoms with E-state index in [1.54, 1.807) is 11.8 Å². The van der Waals surface area contributed by atoms with E-state index in [0.717, 1.165) is 32.2 Å². The fraction of sp³-hybridized carbons (Fsp3) is 0.133. The van der Waals surface area contributed by atoms with Crippen LogP contribution in [0.2, 0.25) is 0 Å². The van der Waals surface area contributed by atoms with Crippen molar-refractivity contribution < 1.29 is 5.11 Å². The minimum Gasteiger partial charge on any atom is -0.392 e. The number of hydrogen-bond acceptors (Lipinski definition) is 3. The van der Waals surface area contributed by atoms with Crippen LogP contribution in [0.1, 0.15) is 11.1 Å². The summed E-state index contributed by atoms with van der Waals surface area (Å²) in [6.45, 7) is 2.07. The third kappa shape index (κ3) is 2.50. The van der Waals surface area contributed by atoms with Gasteiger partial charge in [0.05, 0.1) is 17.6 Å². The van der Waals surface area contributed by atoms with Gasteiger partial charge >= 0.3 is 0 Å². The number of aliphatic hydroxyl groups excluding tert-OH is 1. The smallest absolute Gasteiger partial charge is 0.171 e. The lowest BCUT2D eigenvalue weighted by Crippen LogP contribution is -1.89.